The van der Waals surface area contributed by atoms with Gasteiger partial charge in [0.1, 0.15) is 6.54 Å². The summed E-state index contributed by atoms with van der Waals surface area (Å²) in [6.45, 7) is 14.4. The summed E-state index contributed by atoms with van der Waals surface area (Å²) in [5.41, 5.74) is 0.793. The predicted octanol–water partition coefficient (Wildman–Crippen LogP) is 3.68. The molecule has 1 unspecified atom stereocenters. The number of piperidine rings is 1. The van der Waals surface area contributed by atoms with Crippen LogP contribution < -0.4 is 10.2 Å². The van der Waals surface area contributed by atoms with Crippen molar-refractivity contribution in [1.29, 1.82) is 5.26 Å². The number of nitrogens with zero attached hydrogens (tertiary/aromatic N) is 6. The summed E-state index contributed by atoms with van der Waals surface area (Å²) in [6.07, 6.45) is 1.19. The second kappa shape index (κ2) is 13.4. The highest BCUT2D eigenvalue weighted by molar-refractivity contribution is 7.13. The lowest BCUT2D eigenvalue weighted by Gasteiger charge is -2.45. The molecule has 0 radical (unpaired) electrons. The summed E-state index contributed by atoms with van der Waals surface area (Å²) in [6, 6.07) is 1.29. The van der Waals surface area contributed by atoms with Crippen molar-refractivity contribution in [3.8, 4) is 6.07 Å². The number of hydrogen-bond donors (Lipinski definition) is 2. The van der Waals surface area contributed by atoms with E-state index < -0.39 is 12.1 Å². The van der Waals surface area contributed by atoms with Gasteiger partial charge in [-0.3, -0.25) is 14.6 Å². The number of imide groups is 1. The van der Waals surface area contributed by atoms with Crippen LogP contribution in [0.1, 0.15) is 59.6 Å². The number of carbonyl (C=O) groups excluding carboxylic acids is 2. The van der Waals surface area contributed by atoms with Gasteiger partial charge in [0.15, 0.2) is 5.13 Å². The van der Waals surface area contributed by atoms with E-state index in [4.69, 9.17) is 10.2 Å². The van der Waals surface area contributed by atoms with Crippen LogP contribution in [0.4, 0.5) is 14.7 Å². The van der Waals surface area contributed by atoms with Crippen LogP contribution in [0, 0.1) is 28.6 Å². The van der Waals surface area contributed by atoms with Gasteiger partial charge < -0.3 is 20.2 Å². The standard InChI is InChI=1S/C27H43N7O4S/c1-19(2)6-13-34(24(36)29-10-9-28)23(35)20-7-11-31(12-8-20)16-21-18-39-25(30-21)32-14-15-33(26(37)38)22(17-32)27(3,4)5/h18-20,22H,6-8,10-17H2,1-5H3,(H,29,36)(H,37,38). The first-order valence-electron chi connectivity index (χ1n) is 13.8. The lowest BCUT2D eigenvalue weighted by Crippen LogP contribution is -2.59. The molecule has 39 heavy (non-hydrogen) atoms. The molecule has 12 heteroatoms. The molecule has 2 N–H and O–H groups in total. The zero-order valence-electron chi connectivity index (χ0n) is 23.9. The number of aromatic nitrogens is 1. The summed E-state index contributed by atoms with van der Waals surface area (Å²) in [5.74, 6) is -0.0167. The maximum absolute atomic E-state index is 13.2. The molecule has 216 valence electrons. The summed E-state index contributed by atoms with van der Waals surface area (Å²) >= 11 is 1.59. The van der Waals surface area contributed by atoms with Crippen molar-refractivity contribution in [2.24, 2.45) is 17.3 Å². The van der Waals surface area contributed by atoms with E-state index in [1.807, 2.05) is 6.07 Å². The van der Waals surface area contributed by atoms with Gasteiger partial charge in [0.25, 0.3) is 0 Å². The first-order chi connectivity index (χ1) is 18.4. The molecule has 0 spiro atoms. The Balaban J connectivity index is 1.55. The average molecular weight is 562 g/mol. The van der Waals surface area contributed by atoms with E-state index in [1.165, 1.54) is 4.90 Å². The van der Waals surface area contributed by atoms with Crippen molar-refractivity contribution in [2.45, 2.75) is 66.5 Å². The lowest BCUT2D eigenvalue weighted by atomic mass is 9.84. The number of hydrogen-bond acceptors (Lipinski definition) is 8. The van der Waals surface area contributed by atoms with Gasteiger partial charge >= 0.3 is 12.1 Å². The second-order valence-corrected chi connectivity index (χ2v) is 12.8. The van der Waals surface area contributed by atoms with Crippen molar-refractivity contribution in [3.63, 3.8) is 0 Å². The molecule has 0 aromatic carbocycles. The largest absolute Gasteiger partial charge is 0.465 e. The van der Waals surface area contributed by atoms with E-state index in [1.54, 1.807) is 16.2 Å². The zero-order valence-corrected chi connectivity index (χ0v) is 24.7. The molecule has 1 atom stereocenters. The highest BCUT2D eigenvalue weighted by atomic mass is 32.1. The van der Waals surface area contributed by atoms with Gasteiger partial charge in [-0.25, -0.2) is 14.6 Å². The second-order valence-electron chi connectivity index (χ2n) is 12.0. The maximum Gasteiger partial charge on any atom is 0.407 e. The van der Waals surface area contributed by atoms with Gasteiger partial charge in [0.05, 0.1) is 17.8 Å². The van der Waals surface area contributed by atoms with Crippen molar-refractivity contribution >= 4 is 34.5 Å². The third-order valence-electron chi connectivity index (χ3n) is 7.52. The van der Waals surface area contributed by atoms with Crippen LogP contribution in [0.2, 0.25) is 0 Å². The zero-order chi connectivity index (χ0) is 28.7. The lowest BCUT2D eigenvalue weighted by molar-refractivity contribution is -0.134. The molecule has 1 aromatic heterocycles. The van der Waals surface area contributed by atoms with Gasteiger partial charge in [0, 0.05) is 44.0 Å². The molecule has 0 saturated carbocycles. The minimum Gasteiger partial charge on any atom is -0.465 e. The van der Waals surface area contributed by atoms with Crippen LogP contribution in [0.3, 0.4) is 0 Å². The van der Waals surface area contributed by atoms with Crippen LogP contribution in [0.15, 0.2) is 5.38 Å². The quantitative estimate of drug-likeness (QED) is 0.459. The fourth-order valence-corrected chi connectivity index (χ4v) is 5.99. The monoisotopic (exact) mass is 561 g/mol. The first-order valence-corrected chi connectivity index (χ1v) is 14.7. The van der Waals surface area contributed by atoms with Gasteiger partial charge in [-0.2, -0.15) is 5.26 Å². The molecule has 4 amide bonds. The molecule has 3 rings (SSSR count). The molecule has 3 heterocycles. The number of piperazine rings is 1. The average Bonchev–Trinajstić information content (AvgIpc) is 3.35. The number of carboxylic acid groups (broad SMARTS) is 1. The topological polar surface area (TPSA) is 133 Å². The number of anilines is 1. The van der Waals surface area contributed by atoms with E-state index in [0.717, 1.165) is 30.3 Å². The Kier molecular flexibility index (Phi) is 10.6. The number of nitrogens with one attached hydrogen (secondary N) is 1. The fourth-order valence-electron chi connectivity index (χ4n) is 5.14. The molecule has 2 fully saturated rings. The smallest absolute Gasteiger partial charge is 0.407 e. The molecule has 1 aromatic rings. The number of amides is 4. The molecule has 2 aliphatic rings. The first kappa shape index (κ1) is 30.6. The number of urea groups is 1. The Morgan fingerprint density at radius 1 is 1.23 bits per heavy atom. The third kappa shape index (κ3) is 8.29. The minimum absolute atomic E-state index is 0.116. The van der Waals surface area contributed by atoms with Crippen molar-refractivity contribution < 1.29 is 19.5 Å². The Labute approximate surface area is 235 Å². The summed E-state index contributed by atoms with van der Waals surface area (Å²) in [4.78, 5) is 49.7. The number of rotatable bonds is 8. The Hall–Kier alpha value is -2.91. The summed E-state index contributed by atoms with van der Waals surface area (Å²) in [7, 11) is 0. The van der Waals surface area contributed by atoms with Crippen molar-refractivity contribution in [1.82, 2.24) is 25.0 Å². The minimum atomic E-state index is -0.873. The Morgan fingerprint density at radius 2 is 1.92 bits per heavy atom. The summed E-state index contributed by atoms with van der Waals surface area (Å²) in [5, 5.41) is 23.9. The number of carbonyl (C=O) groups is 3. The summed E-state index contributed by atoms with van der Waals surface area (Å²) < 4.78 is 0. The number of thiazole rings is 1. The Bertz CT molecular complexity index is 1040. The van der Waals surface area contributed by atoms with Gasteiger partial charge in [-0.15, -0.1) is 11.3 Å². The van der Waals surface area contributed by atoms with Crippen LogP contribution in [0.5, 0.6) is 0 Å². The van der Waals surface area contributed by atoms with Crippen LogP contribution in [-0.2, 0) is 11.3 Å². The highest BCUT2D eigenvalue weighted by Gasteiger charge is 2.39. The van der Waals surface area contributed by atoms with E-state index >= 15 is 0 Å². The van der Waals surface area contributed by atoms with Gasteiger partial charge in [0.2, 0.25) is 5.91 Å². The van der Waals surface area contributed by atoms with Crippen LogP contribution in [-0.4, -0.2) is 94.7 Å². The number of nitriles is 1. The van der Waals surface area contributed by atoms with Crippen LogP contribution >= 0.6 is 11.3 Å². The Morgan fingerprint density at radius 3 is 2.51 bits per heavy atom. The van der Waals surface area contributed by atoms with Gasteiger partial charge in [-0.1, -0.05) is 34.6 Å². The molecule has 2 saturated heterocycles. The van der Waals surface area contributed by atoms with E-state index in [0.29, 0.717) is 51.5 Å². The SMILES string of the molecule is CC(C)CCN(C(=O)NCC#N)C(=O)C1CCN(Cc2csc(N3CCN(C(=O)O)C(C(C)(C)C)C3)n2)CC1. The molecular formula is C27H43N7O4S. The maximum atomic E-state index is 13.2. The van der Waals surface area contributed by atoms with E-state index in [-0.39, 0.29) is 29.8 Å². The molecule has 0 bridgehead atoms. The molecular weight excluding hydrogens is 518 g/mol. The normalized spacial score (nSPS) is 19.2. The van der Waals surface area contributed by atoms with Crippen LogP contribution in [0.25, 0.3) is 0 Å². The number of likely N-dealkylation sites (tertiary alicyclic amines) is 1. The van der Waals surface area contributed by atoms with Gasteiger partial charge in [-0.05, 0) is 43.7 Å². The molecule has 0 aliphatic carbocycles. The predicted molar refractivity (Wildman–Crippen MR) is 150 cm³/mol. The van der Waals surface area contributed by atoms with E-state index in [2.05, 4.69) is 55.1 Å². The van der Waals surface area contributed by atoms with Crippen molar-refractivity contribution in [3.05, 3.63) is 11.1 Å². The molecule has 2 aliphatic heterocycles. The van der Waals surface area contributed by atoms with Crippen molar-refractivity contribution in [2.75, 3.05) is 50.7 Å². The molecule has 11 nitrogen and oxygen atoms in total. The fraction of sp³-hybridized carbons (Fsp3) is 0.741. The highest BCUT2D eigenvalue weighted by Crippen LogP contribution is 2.32. The van der Waals surface area contributed by atoms with E-state index in [9.17, 15) is 19.5 Å². The third-order valence-corrected chi connectivity index (χ3v) is 8.47.